The van der Waals surface area contributed by atoms with Crippen LogP contribution in [-0.2, 0) is 16.0 Å². The van der Waals surface area contributed by atoms with Gasteiger partial charge in [0, 0.05) is 0 Å². The average molecular weight is 289 g/mol. The second kappa shape index (κ2) is 6.74. The molecule has 1 aliphatic rings. The van der Waals surface area contributed by atoms with Gasteiger partial charge in [-0.15, -0.1) is 0 Å². The summed E-state index contributed by atoms with van der Waals surface area (Å²) in [5, 5.41) is 12.0. The van der Waals surface area contributed by atoms with Crippen molar-refractivity contribution in [2.24, 2.45) is 5.92 Å². The van der Waals surface area contributed by atoms with Crippen molar-refractivity contribution in [1.82, 2.24) is 5.32 Å². The first-order valence-electron chi connectivity index (χ1n) is 7.65. The number of carboxylic acids is 1. The zero-order valence-corrected chi connectivity index (χ0v) is 12.6. The molecule has 0 aliphatic heterocycles. The van der Waals surface area contributed by atoms with Crippen molar-refractivity contribution >= 4 is 11.9 Å². The smallest absolute Gasteiger partial charge is 0.326 e. The number of hydrogen-bond donors (Lipinski definition) is 2. The summed E-state index contributed by atoms with van der Waals surface area (Å²) in [5.41, 5.74) is 2.26. The van der Waals surface area contributed by atoms with Gasteiger partial charge in [-0.05, 0) is 36.3 Å². The number of carboxylic acid groups (broad SMARTS) is 1. The molecule has 4 heteroatoms. The Kier molecular flexibility index (Phi) is 4.99. The van der Waals surface area contributed by atoms with E-state index in [2.05, 4.69) is 11.4 Å². The van der Waals surface area contributed by atoms with Gasteiger partial charge in [-0.3, -0.25) is 4.79 Å². The van der Waals surface area contributed by atoms with Gasteiger partial charge in [0.2, 0.25) is 5.91 Å². The maximum absolute atomic E-state index is 12.5. The molecule has 0 spiro atoms. The molecule has 0 saturated heterocycles. The van der Waals surface area contributed by atoms with Crippen LogP contribution in [0.4, 0.5) is 0 Å². The molecular weight excluding hydrogens is 266 g/mol. The van der Waals surface area contributed by atoms with Crippen LogP contribution < -0.4 is 5.32 Å². The Labute approximate surface area is 125 Å². The SMILES string of the molecule is CC[C@H](C)[C@H](NC(=O)C1CCCc2ccccc21)C(=O)O. The molecule has 2 N–H and O–H groups in total. The number of benzene rings is 1. The van der Waals surface area contributed by atoms with E-state index in [4.69, 9.17) is 0 Å². The number of nitrogens with one attached hydrogen (secondary N) is 1. The monoisotopic (exact) mass is 289 g/mol. The number of rotatable bonds is 5. The summed E-state index contributed by atoms with van der Waals surface area (Å²) in [7, 11) is 0. The third-order valence-corrected chi connectivity index (χ3v) is 4.46. The fourth-order valence-electron chi connectivity index (χ4n) is 2.96. The Balaban J connectivity index is 2.15. The van der Waals surface area contributed by atoms with Gasteiger partial charge in [0.1, 0.15) is 6.04 Å². The van der Waals surface area contributed by atoms with Crippen LogP contribution in [0, 0.1) is 5.92 Å². The van der Waals surface area contributed by atoms with Gasteiger partial charge in [-0.25, -0.2) is 4.79 Å². The molecule has 1 aromatic rings. The van der Waals surface area contributed by atoms with E-state index >= 15 is 0 Å². The van der Waals surface area contributed by atoms with Crippen molar-refractivity contribution in [3.05, 3.63) is 35.4 Å². The molecule has 21 heavy (non-hydrogen) atoms. The highest BCUT2D eigenvalue weighted by atomic mass is 16.4. The molecule has 1 unspecified atom stereocenters. The Hall–Kier alpha value is -1.84. The first kappa shape index (κ1) is 15.5. The van der Waals surface area contributed by atoms with Crippen LogP contribution in [0.1, 0.15) is 50.2 Å². The number of amides is 1. The van der Waals surface area contributed by atoms with Gasteiger partial charge in [0.15, 0.2) is 0 Å². The minimum Gasteiger partial charge on any atom is -0.480 e. The lowest BCUT2D eigenvalue weighted by atomic mass is 9.82. The maximum Gasteiger partial charge on any atom is 0.326 e. The Bertz CT molecular complexity index is 527. The fraction of sp³-hybridized carbons (Fsp3) is 0.529. The number of aliphatic carboxylic acids is 1. The third kappa shape index (κ3) is 3.43. The Morgan fingerprint density at radius 2 is 2.10 bits per heavy atom. The highest BCUT2D eigenvalue weighted by Crippen LogP contribution is 2.31. The van der Waals surface area contributed by atoms with Crippen LogP contribution in [0.25, 0.3) is 0 Å². The molecule has 1 amide bonds. The molecule has 2 rings (SSSR count). The van der Waals surface area contributed by atoms with E-state index < -0.39 is 12.0 Å². The molecule has 0 bridgehead atoms. The molecule has 0 fully saturated rings. The zero-order chi connectivity index (χ0) is 15.4. The van der Waals surface area contributed by atoms with Crippen molar-refractivity contribution < 1.29 is 14.7 Å². The van der Waals surface area contributed by atoms with Crippen LogP contribution in [0.2, 0.25) is 0 Å². The van der Waals surface area contributed by atoms with E-state index in [1.807, 2.05) is 32.0 Å². The van der Waals surface area contributed by atoms with Crippen LogP contribution in [0.15, 0.2) is 24.3 Å². The van der Waals surface area contributed by atoms with Crippen molar-refractivity contribution in [3.63, 3.8) is 0 Å². The normalized spacial score (nSPS) is 20.2. The van der Waals surface area contributed by atoms with Gasteiger partial charge in [-0.1, -0.05) is 44.5 Å². The number of carbonyl (C=O) groups is 2. The first-order chi connectivity index (χ1) is 10.0. The van der Waals surface area contributed by atoms with Crippen molar-refractivity contribution in [2.45, 2.75) is 51.5 Å². The molecule has 3 atom stereocenters. The predicted octanol–water partition coefficient (Wildman–Crippen LogP) is 2.72. The van der Waals surface area contributed by atoms with Crippen LogP contribution in [0.3, 0.4) is 0 Å². The quantitative estimate of drug-likeness (QED) is 0.876. The van der Waals surface area contributed by atoms with Crippen LogP contribution in [0.5, 0.6) is 0 Å². The Morgan fingerprint density at radius 3 is 2.76 bits per heavy atom. The second-order valence-electron chi connectivity index (χ2n) is 5.85. The summed E-state index contributed by atoms with van der Waals surface area (Å²) in [6.07, 6.45) is 3.47. The van der Waals surface area contributed by atoms with Gasteiger partial charge < -0.3 is 10.4 Å². The molecule has 0 radical (unpaired) electrons. The number of aryl methyl sites for hydroxylation is 1. The summed E-state index contributed by atoms with van der Waals surface area (Å²) >= 11 is 0. The van der Waals surface area contributed by atoms with Crippen molar-refractivity contribution in [1.29, 1.82) is 0 Å². The molecular formula is C17H23NO3. The van der Waals surface area contributed by atoms with Gasteiger partial charge >= 0.3 is 5.97 Å². The number of hydrogen-bond acceptors (Lipinski definition) is 2. The second-order valence-corrected chi connectivity index (χ2v) is 5.85. The highest BCUT2D eigenvalue weighted by molar-refractivity contribution is 5.88. The summed E-state index contributed by atoms with van der Waals surface area (Å²) in [6, 6.07) is 7.15. The lowest BCUT2D eigenvalue weighted by Crippen LogP contribution is -2.47. The van der Waals surface area contributed by atoms with E-state index in [0.717, 1.165) is 31.2 Å². The van der Waals surface area contributed by atoms with E-state index in [9.17, 15) is 14.7 Å². The van der Waals surface area contributed by atoms with Crippen LogP contribution in [-0.4, -0.2) is 23.0 Å². The van der Waals surface area contributed by atoms with Crippen molar-refractivity contribution in [3.8, 4) is 0 Å². The molecule has 0 heterocycles. The molecule has 4 nitrogen and oxygen atoms in total. The van der Waals surface area contributed by atoms with Gasteiger partial charge in [-0.2, -0.15) is 0 Å². The summed E-state index contributed by atoms with van der Waals surface area (Å²) in [6.45, 7) is 3.79. The predicted molar refractivity (Wildman–Crippen MR) is 81.1 cm³/mol. The van der Waals surface area contributed by atoms with Crippen LogP contribution >= 0.6 is 0 Å². The standard InChI is InChI=1S/C17H23NO3/c1-3-11(2)15(17(20)21)18-16(19)14-10-6-8-12-7-4-5-9-13(12)14/h4-5,7,9,11,14-15H,3,6,8,10H2,1-2H3,(H,18,19)(H,20,21)/t11-,14?,15-/m0/s1. The number of fused-ring (bicyclic) bond motifs is 1. The summed E-state index contributed by atoms with van der Waals surface area (Å²) in [4.78, 5) is 23.9. The molecule has 0 aromatic heterocycles. The maximum atomic E-state index is 12.5. The van der Waals surface area contributed by atoms with E-state index in [1.54, 1.807) is 0 Å². The summed E-state index contributed by atoms with van der Waals surface area (Å²) in [5.74, 6) is -1.41. The lowest BCUT2D eigenvalue weighted by molar-refractivity contribution is -0.143. The zero-order valence-electron chi connectivity index (χ0n) is 12.6. The molecule has 1 aromatic carbocycles. The average Bonchev–Trinajstić information content (AvgIpc) is 2.50. The van der Waals surface area contributed by atoms with E-state index in [0.29, 0.717) is 0 Å². The van der Waals surface area contributed by atoms with Gasteiger partial charge in [0.25, 0.3) is 0 Å². The summed E-state index contributed by atoms with van der Waals surface area (Å²) < 4.78 is 0. The van der Waals surface area contributed by atoms with Gasteiger partial charge in [0.05, 0.1) is 5.92 Å². The Morgan fingerprint density at radius 1 is 1.38 bits per heavy atom. The minimum absolute atomic E-state index is 0.0784. The highest BCUT2D eigenvalue weighted by Gasteiger charge is 2.31. The molecule has 0 saturated carbocycles. The van der Waals surface area contributed by atoms with E-state index in [-0.39, 0.29) is 17.7 Å². The topological polar surface area (TPSA) is 66.4 Å². The third-order valence-electron chi connectivity index (χ3n) is 4.46. The number of carbonyl (C=O) groups excluding carboxylic acids is 1. The van der Waals surface area contributed by atoms with E-state index in [1.165, 1.54) is 5.56 Å². The fourth-order valence-corrected chi connectivity index (χ4v) is 2.96. The first-order valence-corrected chi connectivity index (χ1v) is 7.65. The van der Waals surface area contributed by atoms with Crippen molar-refractivity contribution in [2.75, 3.05) is 0 Å². The largest absolute Gasteiger partial charge is 0.480 e. The molecule has 1 aliphatic carbocycles. The molecule has 114 valence electrons. The minimum atomic E-state index is -0.957. The lowest BCUT2D eigenvalue weighted by Gasteiger charge is -2.27.